The number of nitrogens with one attached hydrogen (secondary N) is 2. The molecule has 1 rings (SSSR count). The van der Waals surface area contributed by atoms with Gasteiger partial charge in [-0.25, -0.2) is 13.1 Å². The second kappa shape index (κ2) is 7.78. The summed E-state index contributed by atoms with van der Waals surface area (Å²) in [5, 5.41) is 3.13. The van der Waals surface area contributed by atoms with Crippen molar-refractivity contribution in [2.24, 2.45) is 5.92 Å². The molecule has 6 nitrogen and oxygen atoms in total. The lowest BCUT2D eigenvalue weighted by Crippen LogP contribution is -2.35. The minimum atomic E-state index is -3.63. The minimum absolute atomic E-state index is 0.0678. The Morgan fingerprint density at radius 3 is 2.60 bits per heavy atom. The van der Waals surface area contributed by atoms with E-state index in [9.17, 15) is 8.42 Å². The highest BCUT2D eigenvalue weighted by molar-refractivity contribution is 7.89. The van der Waals surface area contributed by atoms with Gasteiger partial charge in [-0.05, 0) is 31.5 Å². The zero-order valence-electron chi connectivity index (χ0n) is 12.5. The highest BCUT2D eigenvalue weighted by atomic mass is 32.2. The van der Waals surface area contributed by atoms with Crippen LogP contribution in [0.1, 0.15) is 26.5 Å². The van der Waals surface area contributed by atoms with Crippen molar-refractivity contribution in [1.82, 2.24) is 10.0 Å². The molecule has 0 aliphatic rings. The third-order valence-electron chi connectivity index (χ3n) is 2.53. The van der Waals surface area contributed by atoms with E-state index in [4.69, 9.17) is 9.15 Å². The first-order chi connectivity index (χ1) is 9.35. The largest absolute Gasteiger partial charge is 0.447 e. The Bertz CT molecular complexity index is 496. The lowest BCUT2D eigenvalue weighted by molar-refractivity contribution is 0.180. The number of rotatable bonds is 9. The summed E-state index contributed by atoms with van der Waals surface area (Å²) in [6.07, 6.45) is 0. The molecule has 1 atom stereocenters. The minimum Gasteiger partial charge on any atom is -0.447 e. The average Bonchev–Trinajstić information content (AvgIpc) is 2.77. The summed E-state index contributed by atoms with van der Waals surface area (Å²) in [6.45, 7) is 7.61. The third kappa shape index (κ3) is 5.62. The molecular formula is C13H24N2O4S. The third-order valence-corrected chi connectivity index (χ3v) is 3.99. The molecule has 0 aliphatic carbocycles. The van der Waals surface area contributed by atoms with Gasteiger partial charge < -0.3 is 14.5 Å². The average molecular weight is 304 g/mol. The first-order valence-corrected chi connectivity index (χ1v) is 8.14. The fourth-order valence-corrected chi connectivity index (χ4v) is 2.87. The Kier molecular flexibility index (Phi) is 6.67. The fourth-order valence-electron chi connectivity index (χ4n) is 1.69. The maximum atomic E-state index is 12.0. The number of sulfonamides is 1. The van der Waals surface area contributed by atoms with Crippen molar-refractivity contribution in [1.29, 1.82) is 0 Å². The van der Waals surface area contributed by atoms with E-state index in [0.717, 1.165) is 6.54 Å². The summed E-state index contributed by atoms with van der Waals surface area (Å²) in [7, 11) is -2.10. The Morgan fingerprint density at radius 2 is 2.00 bits per heavy atom. The van der Waals surface area contributed by atoms with Gasteiger partial charge in [0.2, 0.25) is 5.09 Å². The van der Waals surface area contributed by atoms with E-state index >= 15 is 0 Å². The first kappa shape index (κ1) is 17.2. The summed E-state index contributed by atoms with van der Waals surface area (Å²) >= 11 is 0. The van der Waals surface area contributed by atoms with E-state index in [1.165, 1.54) is 13.2 Å². The van der Waals surface area contributed by atoms with Gasteiger partial charge in [-0.2, -0.15) is 0 Å². The summed E-state index contributed by atoms with van der Waals surface area (Å²) in [6, 6.07) is 2.83. The summed E-state index contributed by atoms with van der Waals surface area (Å²) < 4.78 is 36.8. The van der Waals surface area contributed by atoms with Crippen LogP contribution in [0.4, 0.5) is 0 Å². The molecule has 0 amide bonds. The quantitative estimate of drug-likeness (QED) is 0.719. The molecule has 2 N–H and O–H groups in total. The standard InChI is InChI=1S/C13H24N2O4S/c1-10(2)7-14-8-12-5-6-13(19-12)20(16,17)15-11(3)9-18-4/h5-6,10-11,14-15H,7-9H2,1-4H3. The molecule has 7 heteroatoms. The molecule has 20 heavy (non-hydrogen) atoms. The zero-order chi connectivity index (χ0) is 15.2. The highest BCUT2D eigenvalue weighted by Crippen LogP contribution is 2.14. The normalized spacial score (nSPS) is 13.8. The molecule has 1 aromatic rings. The van der Waals surface area contributed by atoms with E-state index in [0.29, 0.717) is 24.8 Å². The zero-order valence-corrected chi connectivity index (χ0v) is 13.3. The van der Waals surface area contributed by atoms with Crippen LogP contribution in [0.5, 0.6) is 0 Å². The van der Waals surface area contributed by atoms with E-state index in [1.54, 1.807) is 13.0 Å². The Labute approximate surface area is 120 Å². The van der Waals surface area contributed by atoms with Crippen LogP contribution in [0.15, 0.2) is 21.6 Å². The molecule has 1 unspecified atom stereocenters. The van der Waals surface area contributed by atoms with Crippen molar-refractivity contribution in [3.8, 4) is 0 Å². The molecule has 0 bridgehead atoms. The maximum Gasteiger partial charge on any atom is 0.274 e. The van der Waals surface area contributed by atoms with Crippen molar-refractivity contribution in [2.75, 3.05) is 20.3 Å². The lowest BCUT2D eigenvalue weighted by Gasteiger charge is -2.11. The Hall–Kier alpha value is -0.890. The van der Waals surface area contributed by atoms with Crippen LogP contribution < -0.4 is 10.0 Å². The molecule has 0 aliphatic heterocycles. The van der Waals surface area contributed by atoms with Gasteiger partial charge in [0.05, 0.1) is 13.2 Å². The molecule has 0 fully saturated rings. The van der Waals surface area contributed by atoms with E-state index < -0.39 is 10.0 Å². The van der Waals surface area contributed by atoms with Crippen LogP contribution in [-0.2, 0) is 21.3 Å². The maximum absolute atomic E-state index is 12.0. The molecule has 1 aromatic heterocycles. The second-order valence-corrected chi connectivity index (χ2v) is 6.87. The number of ether oxygens (including phenoxy) is 1. The molecule has 0 radical (unpaired) electrons. The number of hydrogen-bond donors (Lipinski definition) is 2. The van der Waals surface area contributed by atoms with Crippen LogP contribution >= 0.6 is 0 Å². The van der Waals surface area contributed by atoms with Crippen LogP contribution in [0.2, 0.25) is 0 Å². The summed E-state index contributed by atoms with van der Waals surface area (Å²) in [5.41, 5.74) is 0. The SMILES string of the molecule is COCC(C)NS(=O)(=O)c1ccc(CNCC(C)C)o1. The Balaban J connectivity index is 2.61. The van der Waals surface area contributed by atoms with Crippen molar-refractivity contribution in [2.45, 2.75) is 38.5 Å². The van der Waals surface area contributed by atoms with Gasteiger partial charge in [0, 0.05) is 13.2 Å². The van der Waals surface area contributed by atoms with Gasteiger partial charge in [0.15, 0.2) is 0 Å². The van der Waals surface area contributed by atoms with Gasteiger partial charge in [0.25, 0.3) is 10.0 Å². The molecule has 116 valence electrons. The topological polar surface area (TPSA) is 80.6 Å². The molecule has 1 heterocycles. The van der Waals surface area contributed by atoms with Crippen LogP contribution in [0.3, 0.4) is 0 Å². The second-order valence-electron chi connectivity index (χ2n) is 5.22. The van der Waals surface area contributed by atoms with Gasteiger partial charge >= 0.3 is 0 Å². The molecule has 0 saturated heterocycles. The highest BCUT2D eigenvalue weighted by Gasteiger charge is 2.21. The molecule has 0 aromatic carbocycles. The van der Waals surface area contributed by atoms with Gasteiger partial charge in [-0.3, -0.25) is 0 Å². The summed E-state index contributed by atoms with van der Waals surface area (Å²) in [5.74, 6) is 1.13. The van der Waals surface area contributed by atoms with Crippen molar-refractivity contribution in [3.63, 3.8) is 0 Å². The smallest absolute Gasteiger partial charge is 0.274 e. The van der Waals surface area contributed by atoms with Crippen LogP contribution in [0, 0.1) is 5.92 Å². The first-order valence-electron chi connectivity index (χ1n) is 6.66. The lowest BCUT2D eigenvalue weighted by atomic mass is 10.2. The van der Waals surface area contributed by atoms with Crippen molar-refractivity contribution in [3.05, 3.63) is 17.9 Å². The number of hydrogen-bond acceptors (Lipinski definition) is 5. The van der Waals surface area contributed by atoms with E-state index in [2.05, 4.69) is 23.9 Å². The fraction of sp³-hybridized carbons (Fsp3) is 0.692. The van der Waals surface area contributed by atoms with Gasteiger partial charge in [0.1, 0.15) is 5.76 Å². The van der Waals surface area contributed by atoms with Crippen LogP contribution in [0.25, 0.3) is 0 Å². The van der Waals surface area contributed by atoms with E-state index in [-0.39, 0.29) is 11.1 Å². The predicted octanol–water partition coefficient (Wildman–Crippen LogP) is 1.34. The van der Waals surface area contributed by atoms with E-state index in [1.807, 2.05) is 0 Å². The van der Waals surface area contributed by atoms with Gasteiger partial charge in [-0.15, -0.1) is 0 Å². The van der Waals surface area contributed by atoms with Crippen LogP contribution in [-0.4, -0.2) is 34.7 Å². The molecule has 0 spiro atoms. The van der Waals surface area contributed by atoms with Crippen molar-refractivity contribution < 1.29 is 17.6 Å². The monoisotopic (exact) mass is 304 g/mol. The molecule has 0 saturated carbocycles. The number of methoxy groups -OCH3 is 1. The Morgan fingerprint density at radius 1 is 1.30 bits per heavy atom. The molecular weight excluding hydrogens is 280 g/mol. The van der Waals surface area contributed by atoms with Crippen molar-refractivity contribution >= 4 is 10.0 Å². The predicted molar refractivity (Wildman–Crippen MR) is 76.9 cm³/mol. The van der Waals surface area contributed by atoms with Gasteiger partial charge in [-0.1, -0.05) is 13.8 Å². The number of furan rings is 1. The summed E-state index contributed by atoms with van der Waals surface area (Å²) in [4.78, 5) is 0.